The van der Waals surface area contributed by atoms with Crippen LogP contribution in [0.15, 0.2) is 42.7 Å². The molecule has 1 aromatic heterocycles. The third-order valence-electron chi connectivity index (χ3n) is 3.94. The van der Waals surface area contributed by atoms with Crippen molar-refractivity contribution in [2.75, 3.05) is 0 Å². The summed E-state index contributed by atoms with van der Waals surface area (Å²) in [5.74, 6) is 5.49. The van der Waals surface area contributed by atoms with Gasteiger partial charge in [-0.2, -0.15) is 0 Å². The Morgan fingerprint density at radius 3 is 2.52 bits per heavy atom. The molecule has 0 bridgehead atoms. The fourth-order valence-corrected chi connectivity index (χ4v) is 2.59. The fraction of sp³-hybridized carbons (Fsp3) is 0.312. The number of pyridine rings is 1. The van der Waals surface area contributed by atoms with Crippen LogP contribution in [0.2, 0.25) is 5.02 Å². The van der Waals surface area contributed by atoms with Crippen molar-refractivity contribution in [2.45, 2.75) is 31.7 Å². The van der Waals surface area contributed by atoms with Crippen molar-refractivity contribution in [2.24, 2.45) is 5.84 Å². The van der Waals surface area contributed by atoms with Gasteiger partial charge in [-0.05, 0) is 35.7 Å². The van der Waals surface area contributed by atoms with Gasteiger partial charge in [0.05, 0.1) is 5.02 Å². The lowest BCUT2D eigenvalue weighted by molar-refractivity contribution is 0.341. The van der Waals surface area contributed by atoms with E-state index >= 15 is 0 Å². The van der Waals surface area contributed by atoms with E-state index < -0.39 is 0 Å². The molecule has 3 N–H and O–H groups in total. The van der Waals surface area contributed by atoms with Crippen LogP contribution >= 0.6 is 11.6 Å². The first kappa shape index (κ1) is 15.9. The molecule has 3 nitrogen and oxygen atoms in total. The zero-order valence-corrected chi connectivity index (χ0v) is 12.9. The lowest BCUT2D eigenvalue weighted by Gasteiger charge is -2.35. The summed E-state index contributed by atoms with van der Waals surface area (Å²) in [6.45, 7) is 4.14. The second-order valence-corrected chi connectivity index (χ2v) is 6.03. The van der Waals surface area contributed by atoms with E-state index in [0.717, 1.165) is 11.1 Å². The number of hydrogen-bond donors (Lipinski definition) is 2. The second-order valence-electron chi connectivity index (χ2n) is 5.62. The van der Waals surface area contributed by atoms with Gasteiger partial charge >= 0.3 is 0 Å². The van der Waals surface area contributed by atoms with Crippen molar-refractivity contribution < 1.29 is 4.39 Å². The van der Waals surface area contributed by atoms with Crippen molar-refractivity contribution in [3.8, 4) is 0 Å². The minimum absolute atomic E-state index is 0.0529. The van der Waals surface area contributed by atoms with Gasteiger partial charge < -0.3 is 0 Å². The Bertz CT molecular complexity index is 599. The van der Waals surface area contributed by atoms with Gasteiger partial charge in [-0.3, -0.25) is 16.3 Å². The standard InChI is InChI=1S/C16H19ClFN3/c1-16(2,12-3-5-13(18)6-4-12)15(21-19)9-11-7-8-20-10-14(11)17/h3-8,10,15,21H,9,19H2,1-2H3. The largest absolute Gasteiger partial charge is 0.271 e. The minimum atomic E-state index is -0.283. The van der Waals surface area contributed by atoms with Gasteiger partial charge in [0.2, 0.25) is 0 Å². The third-order valence-corrected chi connectivity index (χ3v) is 4.28. The maximum atomic E-state index is 13.1. The number of halogens is 2. The van der Waals surface area contributed by atoms with E-state index in [1.165, 1.54) is 12.1 Å². The molecule has 112 valence electrons. The zero-order valence-electron chi connectivity index (χ0n) is 12.1. The van der Waals surface area contributed by atoms with E-state index in [1.54, 1.807) is 24.5 Å². The smallest absolute Gasteiger partial charge is 0.123 e. The first-order chi connectivity index (χ1) is 9.95. The summed E-state index contributed by atoms with van der Waals surface area (Å²) in [7, 11) is 0. The summed E-state index contributed by atoms with van der Waals surface area (Å²) < 4.78 is 13.1. The highest BCUT2D eigenvalue weighted by Gasteiger charge is 2.31. The molecule has 0 aliphatic carbocycles. The van der Waals surface area contributed by atoms with E-state index in [2.05, 4.69) is 24.3 Å². The molecule has 1 unspecified atom stereocenters. The van der Waals surface area contributed by atoms with Crippen molar-refractivity contribution in [1.82, 2.24) is 10.4 Å². The van der Waals surface area contributed by atoms with Crippen LogP contribution in [0, 0.1) is 5.82 Å². The number of hydrazine groups is 1. The van der Waals surface area contributed by atoms with Crippen LogP contribution in [0.1, 0.15) is 25.0 Å². The normalized spacial score (nSPS) is 13.2. The summed E-state index contributed by atoms with van der Waals surface area (Å²) in [5.41, 5.74) is 4.56. The number of aromatic nitrogens is 1. The molecule has 1 heterocycles. The average molecular weight is 308 g/mol. The van der Waals surface area contributed by atoms with Crippen LogP contribution < -0.4 is 11.3 Å². The van der Waals surface area contributed by atoms with E-state index in [0.29, 0.717) is 11.4 Å². The number of hydrogen-bond acceptors (Lipinski definition) is 3. The average Bonchev–Trinajstić information content (AvgIpc) is 2.46. The van der Waals surface area contributed by atoms with E-state index in [9.17, 15) is 4.39 Å². The van der Waals surface area contributed by atoms with Crippen molar-refractivity contribution in [3.05, 3.63) is 64.7 Å². The Balaban J connectivity index is 2.27. The van der Waals surface area contributed by atoms with Gasteiger partial charge in [0.25, 0.3) is 0 Å². The quantitative estimate of drug-likeness (QED) is 0.658. The maximum Gasteiger partial charge on any atom is 0.123 e. The Morgan fingerprint density at radius 1 is 1.29 bits per heavy atom. The van der Waals surface area contributed by atoms with Crippen LogP contribution in [-0.4, -0.2) is 11.0 Å². The fourth-order valence-electron chi connectivity index (χ4n) is 2.39. The van der Waals surface area contributed by atoms with Gasteiger partial charge in [-0.25, -0.2) is 4.39 Å². The predicted octanol–water partition coefficient (Wildman–Crippen LogP) is 3.23. The highest BCUT2D eigenvalue weighted by atomic mass is 35.5. The monoisotopic (exact) mass is 307 g/mol. The molecule has 0 amide bonds. The van der Waals surface area contributed by atoms with Gasteiger partial charge in [0, 0.05) is 23.9 Å². The molecule has 2 rings (SSSR count). The lowest BCUT2D eigenvalue weighted by Crippen LogP contribution is -2.49. The van der Waals surface area contributed by atoms with Crippen LogP contribution in [0.25, 0.3) is 0 Å². The van der Waals surface area contributed by atoms with Crippen LogP contribution in [-0.2, 0) is 11.8 Å². The summed E-state index contributed by atoms with van der Waals surface area (Å²) in [4.78, 5) is 3.98. The molecule has 0 saturated carbocycles. The molecule has 0 aliphatic heterocycles. The summed E-state index contributed by atoms with van der Waals surface area (Å²) >= 11 is 6.16. The zero-order chi connectivity index (χ0) is 15.5. The molecular formula is C16H19ClFN3. The van der Waals surface area contributed by atoms with Crippen molar-refractivity contribution >= 4 is 11.6 Å². The van der Waals surface area contributed by atoms with E-state index in [-0.39, 0.29) is 17.3 Å². The van der Waals surface area contributed by atoms with Crippen molar-refractivity contribution in [3.63, 3.8) is 0 Å². The molecule has 2 aromatic rings. The molecule has 1 aromatic carbocycles. The Hall–Kier alpha value is -1.49. The topological polar surface area (TPSA) is 50.9 Å². The van der Waals surface area contributed by atoms with Crippen LogP contribution in [0.5, 0.6) is 0 Å². The third kappa shape index (κ3) is 3.59. The predicted molar refractivity (Wildman–Crippen MR) is 83.5 cm³/mol. The van der Waals surface area contributed by atoms with Crippen LogP contribution in [0.3, 0.4) is 0 Å². The number of nitrogens with zero attached hydrogens (tertiary/aromatic N) is 1. The first-order valence-corrected chi connectivity index (χ1v) is 7.13. The molecular weight excluding hydrogens is 289 g/mol. The molecule has 0 spiro atoms. The molecule has 5 heteroatoms. The van der Waals surface area contributed by atoms with Gasteiger partial charge in [0.15, 0.2) is 0 Å². The van der Waals surface area contributed by atoms with Crippen molar-refractivity contribution in [1.29, 1.82) is 0 Å². The summed E-state index contributed by atoms with van der Waals surface area (Å²) in [6, 6.07) is 8.33. The number of rotatable bonds is 5. The van der Waals surface area contributed by atoms with Gasteiger partial charge in [-0.1, -0.05) is 37.6 Å². The number of benzene rings is 1. The number of nitrogens with two attached hydrogens (primary N) is 1. The summed E-state index contributed by atoms with van der Waals surface area (Å²) in [5, 5.41) is 0.618. The molecule has 0 aliphatic rings. The van der Waals surface area contributed by atoms with Crippen LogP contribution in [0.4, 0.5) is 4.39 Å². The van der Waals surface area contributed by atoms with Gasteiger partial charge in [-0.15, -0.1) is 0 Å². The van der Waals surface area contributed by atoms with E-state index in [1.807, 2.05) is 6.07 Å². The maximum absolute atomic E-state index is 13.1. The summed E-state index contributed by atoms with van der Waals surface area (Å²) in [6.07, 6.45) is 3.98. The second kappa shape index (κ2) is 6.52. The van der Waals surface area contributed by atoms with Gasteiger partial charge in [0.1, 0.15) is 5.82 Å². The molecule has 0 saturated heterocycles. The molecule has 1 atom stereocenters. The SMILES string of the molecule is CC(C)(c1ccc(F)cc1)C(Cc1ccncc1Cl)NN. The Morgan fingerprint density at radius 2 is 1.95 bits per heavy atom. The molecule has 0 radical (unpaired) electrons. The molecule has 21 heavy (non-hydrogen) atoms. The Labute approximate surface area is 129 Å². The van der Waals surface area contributed by atoms with E-state index in [4.69, 9.17) is 17.4 Å². The minimum Gasteiger partial charge on any atom is -0.271 e. The first-order valence-electron chi connectivity index (χ1n) is 6.75. The number of nitrogens with one attached hydrogen (secondary N) is 1. The molecule has 0 fully saturated rings. The lowest BCUT2D eigenvalue weighted by atomic mass is 9.76. The highest BCUT2D eigenvalue weighted by Crippen LogP contribution is 2.30. The Kier molecular flexibility index (Phi) is 4.93. The highest BCUT2D eigenvalue weighted by molar-refractivity contribution is 6.31.